The van der Waals surface area contributed by atoms with Gasteiger partial charge in [0.05, 0.1) is 36.2 Å². The number of hydrogen-bond acceptors (Lipinski definition) is 6. The molecular weight excluding hydrogens is 300 g/mol. The molecule has 1 fully saturated rings. The molecule has 2 atom stereocenters. The number of aliphatic hydroxyl groups excluding tert-OH is 1. The summed E-state index contributed by atoms with van der Waals surface area (Å²) < 4.78 is 1.64. The summed E-state index contributed by atoms with van der Waals surface area (Å²) in [5, 5.41) is 22.0. The van der Waals surface area contributed by atoms with E-state index >= 15 is 0 Å². The number of pyridine rings is 1. The first-order valence-corrected chi connectivity index (χ1v) is 7.52. The fourth-order valence-electron chi connectivity index (χ4n) is 2.84. The second-order valence-corrected chi connectivity index (χ2v) is 5.75. The molecule has 3 rings (SSSR count). The number of fused-ring (bicyclic) bond motifs is 1. The zero-order valence-electron chi connectivity index (χ0n) is 12.5. The number of carbonyl (C=O) groups excluding carboxylic acids is 1. The van der Waals surface area contributed by atoms with E-state index in [4.69, 9.17) is 5.11 Å². The quantitative estimate of drug-likeness (QED) is 0.721. The zero-order valence-corrected chi connectivity index (χ0v) is 12.5. The fourth-order valence-corrected chi connectivity index (χ4v) is 2.84. The molecule has 0 aliphatic carbocycles. The molecule has 122 valence electrons. The molecule has 8 nitrogen and oxygen atoms in total. The third-order valence-electron chi connectivity index (χ3n) is 4.07. The van der Waals surface area contributed by atoms with Gasteiger partial charge in [0.2, 0.25) is 0 Å². The molecule has 8 heteroatoms. The number of carboxylic acids is 1. The molecule has 0 spiro atoms. The molecule has 23 heavy (non-hydrogen) atoms. The lowest BCUT2D eigenvalue weighted by atomic mass is 9.97. The van der Waals surface area contributed by atoms with Crippen LogP contribution in [0.4, 0.5) is 0 Å². The number of rotatable bonds is 5. The van der Waals surface area contributed by atoms with Crippen LogP contribution in [0.15, 0.2) is 18.6 Å². The molecule has 2 aromatic heterocycles. The predicted octanol–water partition coefficient (Wildman–Crippen LogP) is 0.202. The van der Waals surface area contributed by atoms with Crippen LogP contribution in [-0.4, -0.2) is 55.2 Å². The number of Topliss-reactive ketones (excluding diaryl/α,β-unsaturated/α-hetero) is 1. The smallest absolute Gasteiger partial charge is 0.354 e. The standard InChI is InChI=1S/C15H18N4O4/c20-9(4-11-14(21)2-1-3-16-11)7-19-8-18-10-5-12(15(22)23)17-6-13(10)19/h5-6,8,11,14,16,21H,1-4,7H2,(H,22,23)/t11-,14+/m1/s1. The van der Waals surface area contributed by atoms with Crippen molar-refractivity contribution in [3.63, 3.8) is 0 Å². The highest BCUT2D eigenvalue weighted by Crippen LogP contribution is 2.15. The molecule has 3 heterocycles. The zero-order chi connectivity index (χ0) is 16.4. The first kappa shape index (κ1) is 15.6. The highest BCUT2D eigenvalue weighted by molar-refractivity contribution is 5.90. The number of aliphatic hydroxyl groups is 1. The van der Waals surface area contributed by atoms with Crippen molar-refractivity contribution >= 4 is 22.8 Å². The lowest BCUT2D eigenvalue weighted by Gasteiger charge is -2.28. The van der Waals surface area contributed by atoms with Crippen LogP contribution in [-0.2, 0) is 11.3 Å². The Morgan fingerprint density at radius 2 is 2.22 bits per heavy atom. The van der Waals surface area contributed by atoms with Crippen LogP contribution in [0, 0.1) is 0 Å². The van der Waals surface area contributed by atoms with E-state index in [-0.39, 0.29) is 30.5 Å². The van der Waals surface area contributed by atoms with Crippen molar-refractivity contribution in [3.05, 3.63) is 24.3 Å². The van der Waals surface area contributed by atoms with Gasteiger partial charge in [0, 0.05) is 12.5 Å². The summed E-state index contributed by atoms with van der Waals surface area (Å²) in [5.74, 6) is -1.14. The SMILES string of the molecule is O=C(C[C@H]1NCCC[C@@H]1O)Cn1cnc2cc(C(=O)O)ncc21. The molecule has 0 amide bonds. The van der Waals surface area contributed by atoms with Gasteiger partial charge in [-0.2, -0.15) is 0 Å². The minimum Gasteiger partial charge on any atom is -0.477 e. The fraction of sp³-hybridized carbons (Fsp3) is 0.467. The van der Waals surface area contributed by atoms with Crippen molar-refractivity contribution < 1.29 is 19.8 Å². The molecule has 1 aliphatic rings. The number of aromatic nitrogens is 3. The number of ketones is 1. The lowest BCUT2D eigenvalue weighted by Crippen LogP contribution is -2.46. The van der Waals surface area contributed by atoms with E-state index in [1.165, 1.54) is 18.6 Å². The molecule has 1 aliphatic heterocycles. The van der Waals surface area contributed by atoms with Crippen LogP contribution in [0.2, 0.25) is 0 Å². The van der Waals surface area contributed by atoms with E-state index in [9.17, 15) is 14.7 Å². The van der Waals surface area contributed by atoms with E-state index in [2.05, 4.69) is 15.3 Å². The topological polar surface area (TPSA) is 117 Å². The number of piperidine rings is 1. The summed E-state index contributed by atoms with van der Waals surface area (Å²) in [6.07, 6.45) is 4.29. The number of aromatic carboxylic acids is 1. The second kappa shape index (κ2) is 6.43. The van der Waals surface area contributed by atoms with Gasteiger partial charge in [-0.3, -0.25) is 4.79 Å². The summed E-state index contributed by atoms with van der Waals surface area (Å²) in [5.41, 5.74) is 1.02. The average Bonchev–Trinajstić information content (AvgIpc) is 2.92. The summed E-state index contributed by atoms with van der Waals surface area (Å²) >= 11 is 0. The molecule has 1 saturated heterocycles. The van der Waals surface area contributed by atoms with Gasteiger partial charge in [0.25, 0.3) is 0 Å². The molecule has 2 aromatic rings. The van der Waals surface area contributed by atoms with E-state index in [0.29, 0.717) is 17.5 Å². The minimum atomic E-state index is -1.12. The van der Waals surface area contributed by atoms with Gasteiger partial charge in [-0.1, -0.05) is 0 Å². The number of carbonyl (C=O) groups is 2. The maximum atomic E-state index is 12.2. The number of carboxylic acid groups (broad SMARTS) is 1. The van der Waals surface area contributed by atoms with Crippen molar-refractivity contribution in [1.29, 1.82) is 0 Å². The molecular formula is C15H18N4O4. The Bertz CT molecular complexity index is 742. The van der Waals surface area contributed by atoms with Crippen molar-refractivity contribution in [3.8, 4) is 0 Å². The van der Waals surface area contributed by atoms with E-state index in [1.54, 1.807) is 4.57 Å². The largest absolute Gasteiger partial charge is 0.477 e. The molecule has 0 unspecified atom stereocenters. The number of imidazole rings is 1. The summed E-state index contributed by atoms with van der Waals surface area (Å²) in [4.78, 5) is 31.1. The lowest BCUT2D eigenvalue weighted by molar-refractivity contribution is -0.121. The number of hydrogen-bond donors (Lipinski definition) is 3. The number of nitrogens with one attached hydrogen (secondary N) is 1. The first-order valence-electron chi connectivity index (χ1n) is 7.52. The van der Waals surface area contributed by atoms with Gasteiger partial charge in [-0.15, -0.1) is 0 Å². The van der Waals surface area contributed by atoms with Gasteiger partial charge < -0.3 is 20.1 Å². The molecule has 0 radical (unpaired) electrons. The van der Waals surface area contributed by atoms with Crippen molar-refractivity contribution in [1.82, 2.24) is 19.9 Å². The Balaban J connectivity index is 1.71. The molecule has 3 N–H and O–H groups in total. The third kappa shape index (κ3) is 3.38. The Kier molecular flexibility index (Phi) is 4.35. The summed E-state index contributed by atoms with van der Waals surface area (Å²) in [7, 11) is 0. The van der Waals surface area contributed by atoms with Crippen molar-refractivity contribution in [2.45, 2.75) is 38.0 Å². The Morgan fingerprint density at radius 3 is 2.96 bits per heavy atom. The third-order valence-corrected chi connectivity index (χ3v) is 4.07. The Morgan fingerprint density at radius 1 is 1.39 bits per heavy atom. The van der Waals surface area contributed by atoms with Crippen LogP contribution in [0.1, 0.15) is 29.8 Å². The monoisotopic (exact) mass is 318 g/mol. The minimum absolute atomic E-state index is 0.0231. The average molecular weight is 318 g/mol. The van der Waals surface area contributed by atoms with Gasteiger partial charge in [0.1, 0.15) is 5.69 Å². The van der Waals surface area contributed by atoms with E-state index < -0.39 is 12.1 Å². The maximum Gasteiger partial charge on any atom is 0.354 e. The maximum absolute atomic E-state index is 12.2. The summed E-state index contributed by atoms with van der Waals surface area (Å²) in [6, 6.07) is 1.17. The number of nitrogens with zero attached hydrogens (tertiary/aromatic N) is 3. The highest BCUT2D eigenvalue weighted by Gasteiger charge is 2.25. The van der Waals surface area contributed by atoms with E-state index in [0.717, 1.165) is 13.0 Å². The summed E-state index contributed by atoms with van der Waals surface area (Å²) in [6.45, 7) is 0.931. The Labute approximate surface area is 132 Å². The Hall–Kier alpha value is -2.32. The van der Waals surface area contributed by atoms with Gasteiger partial charge in [-0.25, -0.2) is 14.8 Å². The van der Waals surface area contributed by atoms with Crippen LogP contribution in [0.3, 0.4) is 0 Å². The van der Waals surface area contributed by atoms with Crippen molar-refractivity contribution in [2.24, 2.45) is 0 Å². The van der Waals surface area contributed by atoms with Crippen LogP contribution in [0.5, 0.6) is 0 Å². The van der Waals surface area contributed by atoms with Crippen LogP contribution < -0.4 is 5.32 Å². The van der Waals surface area contributed by atoms with Gasteiger partial charge in [0.15, 0.2) is 5.78 Å². The predicted molar refractivity (Wildman–Crippen MR) is 81.1 cm³/mol. The van der Waals surface area contributed by atoms with Crippen LogP contribution >= 0.6 is 0 Å². The van der Waals surface area contributed by atoms with Gasteiger partial charge >= 0.3 is 5.97 Å². The normalized spacial score (nSPS) is 21.4. The van der Waals surface area contributed by atoms with E-state index in [1.807, 2.05) is 0 Å². The highest BCUT2D eigenvalue weighted by atomic mass is 16.4. The second-order valence-electron chi connectivity index (χ2n) is 5.75. The molecule has 0 aromatic carbocycles. The molecule has 0 bridgehead atoms. The van der Waals surface area contributed by atoms with Crippen molar-refractivity contribution in [2.75, 3.05) is 6.54 Å². The van der Waals surface area contributed by atoms with Gasteiger partial charge in [-0.05, 0) is 25.5 Å². The first-order chi connectivity index (χ1) is 11.0. The van der Waals surface area contributed by atoms with Crippen LogP contribution in [0.25, 0.3) is 11.0 Å². The molecule has 0 saturated carbocycles.